The van der Waals surface area contributed by atoms with Crippen molar-refractivity contribution in [3.63, 3.8) is 0 Å². The third kappa shape index (κ3) is 4.05. The molecule has 3 rings (SSSR count). The molecule has 0 saturated carbocycles. The predicted octanol–water partition coefficient (Wildman–Crippen LogP) is 4.15. The molecule has 1 unspecified atom stereocenters. The molecule has 1 aromatic carbocycles. The summed E-state index contributed by atoms with van der Waals surface area (Å²) in [5.41, 5.74) is 0.0586. The van der Waals surface area contributed by atoms with Crippen molar-refractivity contribution in [1.82, 2.24) is 9.55 Å². The van der Waals surface area contributed by atoms with Gasteiger partial charge in [-0.1, -0.05) is 30.3 Å². The first kappa shape index (κ1) is 20.7. The van der Waals surface area contributed by atoms with E-state index in [0.29, 0.717) is 28.6 Å². The minimum Gasteiger partial charge on any atom is -0.324 e. The van der Waals surface area contributed by atoms with Crippen LogP contribution in [0.4, 0.5) is 18.9 Å². The monoisotopic (exact) mass is 431 g/mol. The van der Waals surface area contributed by atoms with Gasteiger partial charge in [0.25, 0.3) is 5.56 Å². The van der Waals surface area contributed by atoms with Gasteiger partial charge < -0.3 is 5.32 Å². The van der Waals surface area contributed by atoms with E-state index < -0.39 is 23.6 Å². The number of hydrogen-bond acceptors (Lipinski definition) is 4. The topological polar surface area (TPSA) is 64.0 Å². The molecule has 10 heteroatoms. The van der Waals surface area contributed by atoms with Crippen molar-refractivity contribution in [3.8, 4) is 0 Å². The van der Waals surface area contributed by atoms with Gasteiger partial charge in [-0.25, -0.2) is 4.98 Å². The Morgan fingerprint density at radius 1 is 1.43 bits per heavy atom. The highest BCUT2D eigenvalue weighted by atomic mass is 35.5. The molecule has 1 N–H and O–H groups in total. The first-order valence-electron chi connectivity index (χ1n) is 8.52. The summed E-state index contributed by atoms with van der Waals surface area (Å²) in [6.07, 6.45) is -4.02. The van der Waals surface area contributed by atoms with Crippen LogP contribution in [0.25, 0.3) is 0 Å². The van der Waals surface area contributed by atoms with Crippen LogP contribution < -0.4 is 10.9 Å². The van der Waals surface area contributed by atoms with Gasteiger partial charge in [-0.2, -0.15) is 13.2 Å². The summed E-state index contributed by atoms with van der Waals surface area (Å²) in [7, 11) is 0. The molecule has 0 bridgehead atoms. The van der Waals surface area contributed by atoms with E-state index in [4.69, 9.17) is 11.6 Å². The lowest BCUT2D eigenvalue weighted by Gasteiger charge is -2.25. The van der Waals surface area contributed by atoms with Gasteiger partial charge in [-0.05, 0) is 31.5 Å². The molecule has 1 amide bonds. The maximum atomic E-state index is 12.9. The second-order valence-corrected chi connectivity index (χ2v) is 7.81. The molecule has 1 atom stereocenters. The summed E-state index contributed by atoms with van der Waals surface area (Å²) < 4.78 is 40.2. The number of aryl methyl sites for hydroxylation is 1. The lowest BCUT2D eigenvalue weighted by atomic mass is 10.1. The zero-order valence-corrected chi connectivity index (χ0v) is 16.6. The Morgan fingerprint density at radius 2 is 2.14 bits per heavy atom. The molecule has 5 nitrogen and oxygen atoms in total. The van der Waals surface area contributed by atoms with E-state index in [1.165, 1.54) is 16.3 Å². The van der Waals surface area contributed by atoms with Gasteiger partial charge in [-0.15, -0.1) is 0 Å². The van der Waals surface area contributed by atoms with Crippen LogP contribution in [0.3, 0.4) is 0 Å². The molecule has 2 heterocycles. The maximum absolute atomic E-state index is 12.9. The van der Waals surface area contributed by atoms with Gasteiger partial charge in [0, 0.05) is 23.6 Å². The van der Waals surface area contributed by atoms with E-state index in [1.54, 1.807) is 6.92 Å². The molecule has 2 aromatic rings. The number of aromatic nitrogens is 2. The highest BCUT2D eigenvalue weighted by molar-refractivity contribution is 7.99. The Kier molecular flexibility index (Phi) is 5.77. The summed E-state index contributed by atoms with van der Waals surface area (Å²) in [4.78, 5) is 29.7. The number of carbonyl (C=O) groups excluding carboxylic acids is 1. The molecule has 1 aliphatic heterocycles. The van der Waals surface area contributed by atoms with Crippen molar-refractivity contribution in [2.75, 3.05) is 11.1 Å². The lowest BCUT2D eigenvalue weighted by Crippen LogP contribution is -2.38. The van der Waals surface area contributed by atoms with E-state index in [1.807, 2.05) is 6.92 Å². The van der Waals surface area contributed by atoms with Crippen LogP contribution in [0.15, 0.2) is 28.2 Å². The Morgan fingerprint density at radius 3 is 2.79 bits per heavy atom. The van der Waals surface area contributed by atoms with Crippen molar-refractivity contribution >= 4 is 35.0 Å². The molecule has 0 spiro atoms. The number of anilines is 1. The number of thioether (sulfide) groups is 1. The Labute approximate surface area is 168 Å². The molecule has 28 heavy (non-hydrogen) atoms. The number of amides is 1. The number of carbonyl (C=O) groups is 1. The summed E-state index contributed by atoms with van der Waals surface area (Å²) in [6.45, 7) is 3.74. The second kappa shape index (κ2) is 7.79. The molecule has 0 saturated heterocycles. The van der Waals surface area contributed by atoms with Gasteiger partial charge in [-0.3, -0.25) is 14.2 Å². The smallest absolute Gasteiger partial charge is 0.324 e. The van der Waals surface area contributed by atoms with Gasteiger partial charge in [0.2, 0.25) is 5.91 Å². The van der Waals surface area contributed by atoms with Crippen molar-refractivity contribution in [2.24, 2.45) is 5.92 Å². The number of alkyl halides is 3. The van der Waals surface area contributed by atoms with Crippen molar-refractivity contribution in [1.29, 1.82) is 0 Å². The number of halogens is 4. The minimum atomic E-state index is -4.54. The third-order valence-electron chi connectivity index (χ3n) is 4.53. The largest absolute Gasteiger partial charge is 0.416 e. The van der Waals surface area contributed by atoms with Gasteiger partial charge in [0.1, 0.15) is 0 Å². The predicted molar refractivity (Wildman–Crippen MR) is 102 cm³/mol. The fourth-order valence-electron chi connectivity index (χ4n) is 2.99. The molecule has 0 radical (unpaired) electrons. The Hall–Kier alpha value is -2.00. The molecule has 150 valence electrons. The minimum absolute atomic E-state index is 0.00735. The number of benzene rings is 1. The molecule has 0 aliphatic carbocycles. The number of nitrogens with zero attached hydrogens (tertiary/aromatic N) is 2. The van der Waals surface area contributed by atoms with E-state index in [2.05, 4.69) is 10.3 Å². The molecule has 1 aliphatic rings. The van der Waals surface area contributed by atoms with Crippen molar-refractivity contribution in [2.45, 2.75) is 38.1 Å². The van der Waals surface area contributed by atoms with Crippen LogP contribution >= 0.6 is 23.4 Å². The van der Waals surface area contributed by atoms with E-state index >= 15 is 0 Å². The fraction of sp³-hybridized carbons (Fsp3) is 0.389. The zero-order valence-electron chi connectivity index (χ0n) is 15.1. The van der Waals surface area contributed by atoms with Crippen molar-refractivity contribution < 1.29 is 18.0 Å². The van der Waals surface area contributed by atoms with Gasteiger partial charge >= 0.3 is 6.18 Å². The highest BCUT2D eigenvalue weighted by Gasteiger charge is 2.32. The Balaban J connectivity index is 1.84. The average molecular weight is 432 g/mol. The van der Waals surface area contributed by atoms with Crippen LogP contribution in [-0.2, 0) is 23.9 Å². The summed E-state index contributed by atoms with van der Waals surface area (Å²) in [5, 5.41) is 3.01. The molecule has 1 aromatic heterocycles. The van der Waals surface area contributed by atoms with Crippen LogP contribution in [-0.4, -0.2) is 21.2 Å². The van der Waals surface area contributed by atoms with Crippen LogP contribution in [0.5, 0.6) is 0 Å². The standard InChI is InChI=1S/C18H17ClF3N3O2S/c1-3-12-9(2)23-17-25(16(12)27)7-10(8-28-17)15(26)24-14-6-11(18(20,21)22)4-5-13(14)19/h4-6,10H,3,7-8H2,1-2H3,(H,24,26). The zero-order chi connectivity index (χ0) is 20.6. The van der Waals surface area contributed by atoms with E-state index in [9.17, 15) is 22.8 Å². The normalized spacial score (nSPS) is 16.6. The number of rotatable bonds is 3. The summed E-state index contributed by atoms with van der Waals surface area (Å²) in [5.74, 6) is -0.736. The molecular formula is C18H17ClF3N3O2S. The van der Waals surface area contributed by atoms with Crippen LogP contribution in [0, 0.1) is 12.8 Å². The second-order valence-electron chi connectivity index (χ2n) is 6.42. The van der Waals surface area contributed by atoms with Crippen LogP contribution in [0.1, 0.15) is 23.7 Å². The fourth-order valence-corrected chi connectivity index (χ4v) is 4.28. The van der Waals surface area contributed by atoms with E-state index in [-0.39, 0.29) is 22.8 Å². The highest BCUT2D eigenvalue weighted by Crippen LogP contribution is 2.34. The quantitative estimate of drug-likeness (QED) is 0.742. The molecular weight excluding hydrogens is 415 g/mol. The first-order chi connectivity index (χ1) is 13.1. The van der Waals surface area contributed by atoms with Crippen molar-refractivity contribution in [3.05, 3.63) is 50.4 Å². The lowest BCUT2D eigenvalue weighted by molar-refractivity contribution is -0.137. The molecule has 0 fully saturated rings. The van der Waals surface area contributed by atoms with E-state index in [0.717, 1.165) is 18.2 Å². The Bertz CT molecular complexity index is 991. The van der Waals surface area contributed by atoms with Crippen LogP contribution in [0.2, 0.25) is 5.02 Å². The first-order valence-corrected chi connectivity index (χ1v) is 9.89. The summed E-state index contributed by atoms with van der Waals surface area (Å²) >= 11 is 7.21. The average Bonchev–Trinajstić information content (AvgIpc) is 2.62. The van der Waals surface area contributed by atoms with Gasteiger partial charge in [0.15, 0.2) is 5.16 Å². The third-order valence-corrected chi connectivity index (χ3v) is 6.00. The number of nitrogens with one attached hydrogen (secondary N) is 1. The summed E-state index contributed by atoms with van der Waals surface area (Å²) in [6, 6.07) is 2.75. The van der Waals surface area contributed by atoms with Gasteiger partial charge in [0.05, 0.1) is 22.2 Å². The SMILES string of the molecule is CCc1c(C)nc2n(c1=O)CC(C(=O)Nc1cc(C(F)(F)F)ccc1Cl)CS2. The number of fused-ring (bicyclic) bond motifs is 1. The number of hydrogen-bond donors (Lipinski definition) is 1. The maximum Gasteiger partial charge on any atom is 0.416 e.